The highest BCUT2D eigenvalue weighted by molar-refractivity contribution is 6.32. The summed E-state index contributed by atoms with van der Waals surface area (Å²) in [5, 5.41) is 0.604. The maximum atomic E-state index is 6.22. The molecular formula is C12H14ClNO2. The van der Waals surface area contributed by atoms with Gasteiger partial charge in [-0.2, -0.15) is 0 Å². The largest absolute Gasteiger partial charge is 0.486 e. The topological polar surface area (TPSA) is 44.5 Å². The van der Waals surface area contributed by atoms with E-state index in [0.717, 1.165) is 29.7 Å². The van der Waals surface area contributed by atoms with Crippen LogP contribution in [0.5, 0.6) is 11.5 Å². The van der Waals surface area contributed by atoms with Crippen LogP contribution in [0.4, 0.5) is 0 Å². The van der Waals surface area contributed by atoms with Crippen molar-refractivity contribution < 1.29 is 9.47 Å². The standard InChI is InChI=1S/C12H14ClNO2/c1-7-8(12(14)2-3-12)6-9(13)11-10(7)15-4-5-16-11/h6H,2-5,14H2,1H3. The Morgan fingerprint density at radius 1 is 1.25 bits per heavy atom. The van der Waals surface area contributed by atoms with Crippen LogP contribution in [0.1, 0.15) is 24.0 Å². The third-order valence-corrected chi connectivity index (χ3v) is 3.62. The Balaban J connectivity index is 2.18. The van der Waals surface area contributed by atoms with Crippen LogP contribution < -0.4 is 15.2 Å². The molecule has 2 N–H and O–H groups in total. The van der Waals surface area contributed by atoms with E-state index in [9.17, 15) is 0 Å². The summed E-state index contributed by atoms with van der Waals surface area (Å²) >= 11 is 6.19. The van der Waals surface area contributed by atoms with E-state index in [2.05, 4.69) is 0 Å². The monoisotopic (exact) mass is 239 g/mol. The summed E-state index contributed by atoms with van der Waals surface area (Å²) in [6.45, 7) is 3.15. The summed E-state index contributed by atoms with van der Waals surface area (Å²) in [6.07, 6.45) is 2.04. The lowest BCUT2D eigenvalue weighted by atomic mass is 9.98. The van der Waals surface area contributed by atoms with Crippen LogP contribution in [0.3, 0.4) is 0 Å². The second-order valence-electron chi connectivity index (χ2n) is 4.54. The lowest BCUT2D eigenvalue weighted by Gasteiger charge is -2.24. The fraction of sp³-hybridized carbons (Fsp3) is 0.500. The summed E-state index contributed by atoms with van der Waals surface area (Å²) in [5.74, 6) is 1.43. The third kappa shape index (κ3) is 1.39. The molecule has 0 unspecified atom stereocenters. The first-order chi connectivity index (χ1) is 7.62. The molecule has 0 saturated heterocycles. The molecule has 1 aliphatic heterocycles. The molecule has 3 nitrogen and oxygen atoms in total. The second-order valence-corrected chi connectivity index (χ2v) is 4.95. The number of nitrogens with two attached hydrogens (primary N) is 1. The fourth-order valence-corrected chi connectivity index (χ4v) is 2.47. The van der Waals surface area contributed by atoms with Crippen LogP contribution in [0.15, 0.2) is 6.07 Å². The quantitative estimate of drug-likeness (QED) is 0.818. The highest BCUT2D eigenvalue weighted by Crippen LogP contribution is 2.50. The number of hydrogen-bond donors (Lipinski definition) is 1. The van der Waals surface area contributed by atoms with Crippen molar-refractivity contribution in [2.24, 2.45) is 5.73 Å². The lowest BCUT2D eigenvalue weighted by Crippen LogP contribution is -2.23. The molecule has 86 valence electrons. The maximum absolute atomic E-state index is 6.22. The van der Waals surface area contributed by atoms with Crippen molar-refractivity contribution in [3.63, 3.8) is 0 Å². The minimum Gasteiger partial charge on any atom is -0.486 e. The molecular weight excluding hydrogens is 226 g/mol. The molecule has 1 aliphatic carbocycles. The van der Waals surface area contributed by atoms with E-state index in [4.69, 9.17) is 26.8 Å². The van der Waals surface area contributed by atoms with Crippen LogP contribution in [0.25, 0.3) is 0 Å². The average molecular weight is 240 g/mol. The molecule has 1 saturated carbocycles. The van der Waals surface area contributed by atoms with Crippen molar-refractivity contribution in [2.75, 3.05) is 13.2 Å². The van der Waals surface area contributed by atoms with Crippen LogP contribution >= 0.6 is 11.6 Å². The smallest absolute Gasteiger partial charge is 0.180 e. The molecule has 1 aromatic rings. The Labute approximate surface area is 99.5 Å². The molecule has 0 atom stereocenters. The van der Waals surface area contributed by atoms with E-state index in [-0.39, 0.29) is 5.54 Å². The van der Waals surface area contributed by atoms with E-state index in [1.807, 2.05) is 13.0 Å². The number of hydrogen-bond acceptors (Lipinski definition) is 3. The van der Waals surface area contributed by atoms with Crippen LogP contribution in [0, 0.1) is 6.92 Å². The van der Waals surface area contributed by atoms with E-state index in [1.165, 1.54) is 0 Å². The van der Waals surface area contributed by atoms with Gasteiger partial charge in [0.05, 0.1) is 5.02 Å². The highest BCUT2D eigenvalue weighted by atomic mass is 35.5. The predicted octanol–water partition coefficient (Wildman–Crippen LogP) is 2.37. The molecule has 1 heterocycles. The summed E-state index contributed by atoms with van der Waals surface area (Å²) in [5.41, 5.74) is 8.19. The molecule has 0 radical (unpaired) electrons. The van der Waals surface area contributed by atoms with Gasteiger partial charge in [0.2, 0.25) is 0 Å². The molecule has 1 fully saturated rings. The maximum Gasteiger partial charge on any atom is 0.180 e. The van der Waals surface area contributed by atoms with Gasteiger partial charge in [-0.1, -0.05) is 11.6 Å². The van der Waals surface area contributed by atoms with Gasteiger partial charge in [-0.3, -0.25) is 0 Å². The van der Waals surface area contributed by atoms with E-state index in [1.54, 1.807) is 0 Å². The Hall–Kier alpha value is -0.930. The van der Waals surface area contributed by atoms with Gasteiger partial charge in [-0.05, 0) is 31.4 Å². The van der Waals surface area contributed by atoms with Gasteiger partial charge in [0.15, 0.2) is 11.5 Å². The Bertz CT molecular complexity index is 455. The van der Waals surface area contributed by atoms with Crippen molar-refractivity contribution in [3.05, 3.63) is 22.2 Å². The average Bonchev–Trinajstić information content (AvgIpc) is 3.03. The third-order valence-electron chi connectivity index (χ3n) is 3.34. The van der Waals surface area contributed by atoms with Crippen LogP contribution in [-0.4, -0.2) is 13.2 Å². The van der Waals surface area contributed by atoms with Crippen molar-refractivity contribution in [3.8, 4) is 11.5 Å². The second kappa shape index (κ2) is 3.28. The normalized spacial score (nSPS) is 20.7. The van der Waals surface area contributed by atoms with Gasteiger partial charge in [-0.25, -0.2) is 0 Å². The van der Waals surface area contributed by atoms with Gasteiger partial charge < -0.3 is 15.2 Å². The fourth-order valence-electron chi connectivity index (χ4n) is 2.22. The zero-order valence-corrected chi connectivity index (χ0v) is 9.93. The number of benzene rings is 1. The molecule has 0 aromatic heterocycles. The van der Waals surface area contributed by atoms with Gasteiger partial charge in [0.1, 0.15) is 13.2 Å². The van der Waals surface area contributed by atoms with E-state index < -0.39 is 0 Å². The zero-order chi connectivity index (χ0) is 11.3. The van der Waals surface area contributed by atoms with E-state index >= 15 is 0 Å². The minimum atomic E-state index is -0.191. The van der Waals surface area contributed by atoms with Crippen molar-refractivity contribution in [1.82, 2.24) is 0 Å². The first-order valence-electron chi connectivity index (χ1n) is 5.50. The van der Waals surface area contributed by atoms with Crippen molar-refractivity contribution >= 4 is 11.6 Å². The highest BCUT2D eigenvalue weighted by Gasteiger charge is 2.42. The molecule has 0 amide bonds. The first-order valence-corrected chi connectivity index (χ1v) is 5.88. The zero-order valence-electron chi connectivity index (χ0n) is 9.18. The molecule has 0 spiro atoms. The van der Waals surface area contributed by atoms with E-state index in [0.29, 0.717) is 24.0 Å². The summed E-state index contributed by atoms with van der Waals surface area (Å²) in [6, 6.07) is 1.93. The molecule has 16 heavy (non-hydrogen) atoms. The van der Waals surface area contributed by atoms with Gasteiger partial charge in [0.25, 0.3) is 0 Å². The molecule has 0 bridgehead atoms. The SMILES string of the molecule is Cc1c(C2(N)CC2)cc(Cl)c2c1OCCO2. The van der Waals surface area contributed by atoms with Crippen LogP contribution in [-0.2, 0) is 5.54 Å². The Morgan fingerprint density at radius 2 is 1.88 bits per heavy atom. The number of rotatable bonds is 1. The summed E-state index contributed by atoms with van der Waals surface area (Å²) in [4.78, 5) is 0. The molecule has 2 aliphatic rings. The van der Waals surface area contributed by atoms with Crippen molar-refractivity contribution in [2.45, 2.75) is 25.3 Å². The first kappa shape index (κ1) is 10.2. The summed E-state index contributed by atoms with van der Waals surface area (Å²) < 4.78 is 11.2. The van der Waals surface area contributed by atoms with Gasteiger partial charge >= 0.3 is 0 Å². The minimum absolute atomic E-state index is 0.191. The van der Waals surface area contributed by atoms with Crippen LogP contribution in [0.2, 0.25) is 5.02 Å². The Kier molecular flexibility index (Phi) is 2.10. The summed E-state index contributed by atoms with van der Waals surface area (Å²) in [7, 11) is 0. The number of fused-ring (bicyclic) bond motifs is 1. The lowest BCUT2D eigenvalue weighted by molar-refractivity contribution is 0.170. The molecule has 3 rings (SSSR count). The van der Waals surface area contributed by atoms with Crippen molar-refractivity contribution in [1.29, 1.82) is 0 Å². The molecule has 4 heteroatoms. The van der Waals surface area contributed by atoms with Gasteiger partial charge in [0, 0.05) is 11.1 Å². The number of ether oxygens (including phenoxy) is 2. The Morgan fingerprint density at radius 3 is 2.50 bits per heavy atom. The van der Waals surface area contributed by atoms with Gasteiger partial charge in [-0.15, -0.1) is 0 Å². The predicted molar refractivity (Wildman–Crippen MR) is 62.3 cm³/mol. The number of halogens is 1. The molecule has 1 aromatic carbocycles.